The molecule has 0 aromatic carbocycles. The van der Waals surface area contributed by atoms with Gasteiger partial charge in [0.2, 0.25) is 0 Å². The number of thioether (sulfide) groups is 1. The smallest absolute Gasteiger partial charge is 0.268 e. The van der Waals surface area contributed by atoms with Gasteiger partial charge in [-0.3, -0.25) is 14.5 Å². The van der Waals surface area contributed by atoms with E-state index in [-0.39, 0.29) is 11.1 Å². The zero-order valence-corrected chi connectivity index (χ0v) is 12.3. The first kappa shape index (κ1) is 12.9. The zero-order chi connectivity index (χ0) is 12.4. The lowest BCUT2D eigenvalue weighted by Gasteiger charge is -2.09. The van der Waals surface area contributed by atoms with Gasteiger partial charge in [-0.1, -0.05) is 6.92 Å². The number of thiophene rings is 1. The Labute approximate surface area is 116 Å². The molecule has 1 aromatic heterocycles. The molecule has 0 saturated carbocycles. The van der Waals surface area contributed by atoms with Gasteiger partial charge in [0, 0.05) is 21.3 Å². The maximum atomic E-state index is 11.9. The molecule has 0 atom stereocenters. The Hall–Kier alpha value is -0.590. The second kappa shape index (κ2) is 5.37. The van der Waals surface area contributed by atoms with Gasteiger partial charge in [-0.25, -0.2) is 0 Å². The van der Waals surface area contributed by atoms with E-state index < -0.39 is 0 Å². The van der Waals surface area contributed by atoms with Gasteiger partial charge < -0.3 is 0 Å². The largest absolute Gasteiger partial charge is 0.293 e. The Kier molecular flexibility index (Phi) is 4.06. The maximum absolute atomic E-state index is 11.9. The molecule has 1 aromatic rings. The first-order chi connectivity index (χ1) is 8.11. The number of rotatable bonds is 3. The normalized spacial score (nSPS) is 18.5. The van der Waals surface area contributed by atoms with Crippen molar-refractivity contribution in [3.05, 3.63) is 25.7 Å². The van der Waals surface area contributed by atoms with Crippen LogP contribution in [0.5, 0.6) is 0 Å². The highest BCUT2D eigenvalue weighted by Gasteiger charge is 2.34. The zero-order valence-electron chi connectivity index (χ0n) is 9.10. The highest BCUT2D eigenvalue weighted by Crippen LogP contribution is 2.33. The van der Waals surface area contributed by atoms with Crippen LogP contribution in [0.1, 0.15) is 18.2 Å². The summed E-state index contributed by atoms with van der Waals surface area (Å²) in [6.45, 7) is 2.44. The highest BCUT2D eigenvalue weighted by molar-refractivity contribution is 9.10. The summed E-state index contributed by atoms with van der Waals surface area (Å²) >= 11 is 5.91. The number of hydrogen-bond donors (Lipinski definition) is 0. The molecule has 2 heterocycles. The minimum atomic E-state index is -0.175. The van der Waals surface area contributed by atoms with Crippen molar-refractivity contribution in [3.63, 3.8) is 0 Å². The van der Waals surface area contributed by atoms with E-state index in [0.29, 0.717) is 11.4 Å². The summed E-state index contributed by atoms with van der Waals surface area (Å²) in [6.07, 6.45) is 2.56. The molecule has 1 aliphatic rings. The molecule has 0 bridgehead atoms. The van der Waals surface area contributed by atoms with E-state index in [1.54, 1.807) is 6.08 Å². The van der Waals surface area contributed by atoms with E-state index in [4.69, 9.17) is 0 Å². The lowest BCUT2D eigenvalue weighted by molar-refractivity contribution is -0.122. The number of hydrogen-bond acceptors (Lipinski definition) is 4. The topological polar surface area (TPSA) is 37.4 Å². The third-order valence-corrected chi connectivity index (χ3v) is 4.73. The minimum Gasteiger partial charge on any atom is -0.268 e. The molecule has 1 fully saturated rings. The van der Waals surface area contributed by atoms with E-state index in [0.717, 1.165) is 27.5 Å². The van der Waals surface area contributed by atoms with Gasteiger partial charge in [-0.05, 0) is 46.3 Å². The van der Waals surface area contributed by atoms with Crippen LogP contribution in [-0.2, 0) is 4.79 Å². The summed E-state index contributed by atoms with van der Waals surface area (Å²) < 4.78 is 0.988. The minimum absolute atomic E-state index is 0.168. The third kappa shape index (κ3) is 2.81. The number of carbonyl (C=O) groups excluding carboxylic acids is 2. The monoisotopic (exact) mass is 331 g/mol. The predicted octanol–water partition coefficient (Wildman–Crippen LogP) is 3.96. The second-order valence-electron chi connectivity index (χ2n) is 3.50. The molecule has 0 N–H and O–H groups in total. The third-order valence-electron chi connectivity index (χ3n) is 2.18. The van der Waals surface area contributed by atoms with E-state index in [1.165, 1.54) is 16.2 Å². The number of nitrogens with zero attached hydrogens (tertiary/aromatic N) is 1. The number of carbonyl (C=O) groups is 2. The first-order valence-electron chi connectivity index (χ1n) is 5.11. The van der Waals surface area contributed by atoms with Crippen molar-refractivity contribution in [2.75, 3.05) is 6.54 Å². The molecule has 0 unspecified atom stereocenters. The summed E-state index contributed by atoms with van der Waals surface area (Å²) in [6, 6.07) is 1.93. The SMILES string of the molecule is CCCN1C(=O)S/C(=C/c2cc(Br)cs2)C1=O. The molecule has 1 saturated heterocycles. The Morgan fingerprint density at radius 1 is 1.47 bits per heavy atom. The molecule has 2 amide bonds. The number of halogens is 1. The van der Waals surface area contributed by atoms with Crippen molar-refractivity contribution < 1.29 is 9.59 Å². The molecular formula is C11H10BrNO2S2. The quantitative estimate of drug-likeness (QED) is 0.787. The number of imide groups is 1. The maximum Gasteiger partial charge on any atom is 0.293 e. The average molecular weight is 332 g/mol. The Bertz CT molecular complexity index is 495. The van der Waals surface area contributed by atoms with Crippen molar-refractivity contribution in [1.29, 1.82) is 0 Å². The van der Waals surface area contributed by atoms with Gasteiger partial charge in [0.15, 0.2) is 0 Å². The molecule has 0 spiro atoms. The van der Waals surface area contributed by atoms with Crippen LogP contribution in [0.4, 0.5) is 4.79 Å². The summed E-state index contributed by atoms with van der Waals surface area (Å²) in [4.78, 5) is 26.3. The molecule has 6 heteroatoms. The van der Waals surface area contributed by atoms with Gasteiger partial charge >= 0.3 is 0 Å². The van der Waals surface area contributed by atoms with Gasteiger partial charge in [0.25, 0.3) is 11.1 Å². The van der Waals surface area contributed by atoms with E-state index in [1.807, 2.05) is 18.4 Å². The average Bonchev–Trinajstić information content (AvgIpc) is 2.79. The fourth-order valence-electron chi connectivity index (χ4n) is 1.45. The van der Waals surface area contributed by atoms with E-state index in [2.05, 4.69) is 15.9 Å². The van der Waals surface area contributed by atoms with Crippen molar-refractivity contribution in [1.82, 2.24) is 4.90 Å². The summed E-state index contributed by atoms with van der Waals surface area (Å²) in [5.74, 6) is -0.175. The second-order valence-corrected chi connectivity index (χ2v) is 6.35. The van der Waals surface area contributed by atoms with Crippen LogP contribution in [-0.4, -0.2) is 22.6 Å². The Balaban J connectivity index is 2.21. The molecule has 0 radical (unpaired) electrons. The van der Waals surface area contributed by atoms with Crippen LogP contribution >= 0.6 is 39.0 Å². The summed E-state index contributed by atoms with van der Waals surface area (Å²) in [5, 5.41) is 1.78. The molecule has 0 aliphatic carbocycles. The lowest BCUT2D eigenvalue weighted by Crippen LogP contribution is -2.28. The molecule has 17 heavy (non-hydrogen) atoms. The van der Waals surface area contributed by atoms with Crippen molar-refractivity contribution in [3.8, 4) is 0 Å². The van der Waals surface area contributed by atoms with Gasteiger partial charge in [0.05, 0.1) is 4.91 Å². The summed E-state index contributed by atoms with van der Waals surface area (Å²) in [5.41, 5.74) is 0. The van der Waals surface area contributed by atoms with Crippen LogP contribution in [0.25, 0.3) is 6.08 Å². The molecular weight excluding hydrogens is 322 g/mol. The van der Waals surface area contributed by atoms with Gasteiger partial charge in [0.1, 0.15) is 0 Å². The van der Waals surface area contributed by atoms with Crippen LogP contribution < -0.4 is 0 Å². The van der Waals surface area contributed by atoms with Crippen molar-refractivity contribution >= 4 is 56.3 Å². The van der Waals surface area contributed by atoms with Crippen LogP contribution in [0.2, 0.25) is 0 Å². The van der Waals surface area contributed by atoms with Crippen LogP contribution in [0, 0.1) is 0 Å². The van der Waals surface area contributed by atoms with E-state index >= 15 is 0 Å². The summed E-state index contributed by atoms with van der Waals surface area (Å²) in [7, 11) is 0. The Morgan fingerprint density at radius 2 is 2.24 bits per heavy atom. The van der Waals surface area contributed by atoms with Gasteiger partial charge in [-0.2, -0.15) is 0 Å². The van der Waals surface area contributed by atoms with Gasteiger partial charge in [-0.15, -0.1) is 11.3 Å². The molecule has 90 valence electrons. The fraction of sp³-hybridized carbons (Fsp3) is 0.273. The van der Waals surface area contributed by atoms with Crippen LogP contribution in [0.3, 0.4) is 0 Å². The van der Waals surface area contributed by atoms with Crippen molar-refractivity contribution in [2.24, 2.45) is 0 Å². The number of amides is 2. The first-order valence-corrected chi connectivity index (χ1v) is 7.60. The van der Waals surface area contributed by atoms with Crippen molar-refractivity contribution in [2.45, 2.75) is 13.3 Å². The standard InChI is InChI=1S/C11H10BrNO2S2/c1-2-3-13-10(14)9(17-11(13)15)5-8-4-7(12)6-16-8/h4-6H,2-3H2,1H3/b9-5+. The predicted molar refractivity (Wildman–Crippen MR) is 75.0 cm³/mol. The molecule has 1 aliphatic heterocycles. The molecule has 2 rings (SSSR count). The lowest BCUT2D eigenvalue weighted by atomic mass is 10.3. The fourth-order valence-corrected chi connectivity index (χ4v) is 3.76. The highest BCUT2D eigenvalue weighted by atomic mass is 79.9. The van der Waals surface area contributed by atoms with E-state index in [9.17, 15) is 9.59 Å². The molecule has 3 nitrogen and oxygen atoms in total. The Morgan fingerprint density at radius 3 is 2.82 bits per heavy atom. The van der Waals surface area contributed by atoms with Crippen LogP contribution in [0.15, 0.2) is 20.8 Å².